The van der Waals surface area contributed by atoms with Crippen LogP contribution >= 0.6 is 0 Å². The van der Waals surface area contributed by atoms with E-state index in [1.54, 1.807) is 0 Å². The zero-order valence-electron chi connectivity index (χ0n) is 15.8. The summed E-state index contributed by atoms with van der Waals surface area (Å²) < 4.78 is 5.94. The van der Waals surface area contributed by atoms with Crippen molar-refractivity contribution in [3.05, 3.63) is 23.8 Å². The third kappa shape index (κ3) is 2.49. The molecule has 3 nitrogen and oxygen atoms in total. The van der Waals surface area contributed by atoms with E-state index < -0.39 is 6.10 Å². The smallest absolute Gasteiger partial charge is 0.139 e. The van der Waals surface area contributed by atoms with Gasteiger partial charge in [-0.15, -0.1) is 0 Å². The van der Waals surface area contributed by atoms with E-state index in [-0.39, 0.29) is 22.9 Å². The van der Waals surface area contributed by atoms with Crippen molar-refractivity contribution >= 4 is 5.78 Å². The van der Waals surface area contributed by atoms with Crippen molar-refractivity contribution in [3.63, 3.8) is 0 Å². The molecule has 2 fully saturated rings. The van der Waals surface area contributed by atoms with Gasteiger partial charge in [-0.05, 0) is 49.9 Å². The number of ether oxygens (including phenoxy) is 1. The lowest BCUT2D eigenvalue weighted by Crippen LogP contribution is -2.53. The predicted octanol–water partition coefficient (Wildman–Crippen LogP) is 4.06. The Hall–Kier alpha value is -0.930. The zero-order chi connectivity index (χ0) is 17.8. The Kier molecular flexibility index (Phi) is 4.24. The molecule has 4 rings (SSSR count). The van der Waals surface area contributed by atoms with E-state index in [0.717, 1.165) is 38.7 Å². The number of Topliss-reactive ketones (excluding diaryl/α,β-unsaturated/α-hetero) is 1. The molecule has 0 aliphatic heterocycles. The van der Waals surface area contributed by atoms with Gasteiger partial charge in [0.05, 0.1) is 12.2 Å². The van der Waals surface area contributed by atoms with Crippen molar-refractivity contribution in [1.82, 2.24) is 0 Å². The van der Waals surface area contributed by atoms with Crippen molar-refractivity contribution in [3.8, 4) is 0 Å². The van der Waals surface area contributed by atoms with E-state index >= 15 is 0 Å². The van der Waals surface area contributed by atoms with Gasteiger partial charge < -0.3 is 9.84 Å². The molecule has 0 bridgehead atoms. The van der Waals surface area contributed by atoms with Crippen LogP contribution in [0.1, 0.15) is 59.3 Å². The summed E-state index contributed by atoms with van der Waals surface area (Å²) in [4.78, 5) is 12.5. The third-order valence-corrected chi connectivity index (χ3v) is 7.88. The number of aliphatic hydroxyl groups excluding tert-OH is 1. The molecule has 2 saturated carbocycles. The maximum absolute atomic E-state index is 12.5. The Bertz CT molecular complexity index is 621. The fourth-order valence-electron chi connectivity index (χ4n) is 6.37. The Morgan fingerprint density at radius 2 is 2.08 bits per heavy atom. The standard InChI is InChI=1S/C22H32O3/c1-4-11-25-15-7-9-21(2)14(12-15)13-18(23)20-16-5-6-19(24)22(16,3)10-8-17(20)21/h7,9,13,15-18,20,23H,4-6,8,10-12H2,1-3H3/t15?,16-,17+,18?,20-,21-,22-/m0/s1. The molecular formula is C22H32O3. The number of hydrogen-bond acceptors (Lipinski definition) is 3. The van der Waals surface area contributed by atoms with Gasteiger partial charge in [0.15, 0.2) is 0 Å². The highest BCUT2D eigenvalue weighted by Gasteiger charge is 2.60. The minimum Gasteiger partial charge on any atom is -0.389 e. The largest absolute Gasteiger partial charge is 0.389 e. The summed E-state index contributed by atoms with van der Waals surface area (Å²) in [5.41, 5.74) is 1.16. The number of ketones is 1. The first-order chi connectivity index (χ1) is 11.9. The topological polar surface area (TPSA) is 46.5 Å². The van der Waals surface area contributed by atoms with Crippen LogP contribution in [0.5, 0.6) is 0 Å². The van der Waals surface area contributed by atoms with Crippen LogP contribution in [0.2, 0.25) is 0 Å². The molecule has 7 atom stereocenters. The molecular weight excluding hydrogens is 312 g/mol. The third-order valence-electron chi connectivity index (χ3n) is 7.88. The Balaban J connectivity index is 1.65. The molecule has 0 aromatic rings. The van der Waals surface area contributed by atoms with E-state index in [2.05, 4.69) is 39.0 Å². The zero-order valence-corrected chi connectivity index (χ0v) is 15.8. The van der Waals surface area contributed by atoms with Crippen molar-refractivity contribution in [2.45, 2.75) is 71.5 Å². The van der Waals surface area contributed by atoms with Crippen LogP contribution in [0.4, 0.5) is 0 Å². The first-order valence-corrected chi connectivity index (χ1v) is 10.1. The van der Waals surface area contributed by atoms with Crippen LogP contribution in [0.25, 0.3) is 0 Å². The normalized spacial score (nSPS) is 48.6. The van der Waals surface area contributed by atoms with E-state index in [1.165, 1.54) is 5.57 Å². The van der Waals surface area contributed by atoms with Crippen molar-refractivity contribution < 1.29 is 14.6 Å². The van der Waals surface area contributed by atoms with Crippen LogP contribution in [0.15, 0.2) is 23.8 Å². The molecule has 2 unspecified atom stereocenters. The van der Waals surface area contributed by atoms with Crippen LogP contribution in [-0.2, 0) is 9.53 Å². The first kappa shape index (κ1) is 17.5. The lowest BCUT2D eigenvalue weighted by Gasteiger charge is -2.56. The highest BCUT2D eigenvalue weighted by Crippen LogP contribution is 2.63. The van der Waals surface area contributed by atoms with Gasteiger partial charge in [-0.2, -0.15) is 0 Å². The Morgan fingerprint density at radius 3 is 2.84 bits per heavy atom. The second-order valence-electron chi connectivity index (χ2n) is 9.15. The van der Waals surface area contributed by atoms with Crippen molar-refractivity contribution in [1.29, 1.82) is 0 Å². The molecule has 0 heterocycles. The van der Waals surface area contributed by atoms with E-state index in [4.69, 9.17) is 4.74 Å². The summed E-state index contributed by atoms with van der Waals surface area (Å²) in [6.07, 6.45) is 12.0. The predicted molar refractivity (Wildman–Crippen MR) is 98.0 cm³/mol. The number of carbonyl (C=O) groups excluding carboxylic acids is 1. The number of aliphatic hydroxyl groups is 1. The number of carbonyl (C=O) groups is 1. The van der Waals surface area contributed by atoms with Gasteiger partial charge in [0.25, 0.3) is 0 Å². The maximum atomic E-state index is 12.5. The first-order valence-electron chi connectivity index (χ1n) is 10.1. The van der Waals surface area contributed by atoms with Crippen LogP contribution in [0.3, 0.4) is 0 Å². The highest BCUT2D eigenvalue weighted by atomic mass is 16.5. The van der Waals surface area contributed by atoms with Crippen LogP contribution < -0.4 is 0 Å². The van der Waals surface area contributed by atoms with Crippen molar-refractivity contribution in [2.75, 3.05) is 6.61 Å². The number of fused-ring (bicyclic) bond motifs is 5. The molecule has 1 N–H and O–H groups in total. The van der Waals surface area contributed by atoms with Gasteiger partial charge >= 0.3 is 0 Å². The second-order valence-corrected chi connectivity index (χ2v) is 9.15. The lowest BCUT2D eigenvalue weighted by molar-refractivity contribution is -0.133. The quantitative estimate of drug-likeness (QED) is 0.785. The number of rotatable bonds is 3. The van der Waals surface area contributed by atoms with Gasteiger partial charge in [-0.1, -0.05) is 44.6 Å². The molecule has 0 amide bonds. The molecule has 0 spiro atoms. The summed E-state index contributed by atoms with van der Waals surface area (Å²) in [6, 6.07) is 0. The average Bonchev–Trinajstić information content (AvgIpc) is 2.89. The minimum absolute atomic E-state index is 0.0168. The van der Waals surface area contributed by atoms with Gasteiger partial charge in [-0.3, -0.25) is 4.79 Å². The van der Waals surface area contributed by atoms with Gasteiger partial charge in [0.2, 0.25) is 0 Å². The molecule has 0 saturated heterocycles. The fraction of sp³-hybridized carbons (Fsp3) is 0.773. The van der Waals surface area contributed by atoms with Gasteiger partial charge in [-0.25, -0.2) is 0 Å². The molecule has 0 aromatic carbocycles. The Morgan fingerprint density at radius 1 is 1.28 bits per heavy atom. The minimum atomic E-state index is -0.415. The second kappa shape index (κ2) is 6.06. The van der Waals surface area contributed by atoms with Crippen LogP contribution in [-0.4, -0.2) is 29.7 Å². The van der Waals surface area contributed by atoms with E-state index in [1.807, 2.05) is 0 Å². The van der Waals surface area contributed by atoms with Gasteiger partial charge in [0.1, 0.15) is 5.78 Å². The van der Waals surface area contributed by atoms with E-state index in [9.17, 15) is 9.90 Å². The summed E-state index contributed by atoms with van der Waals surface area (Å²) in [5.74, 6) is 1.42. The van der Waals surface area contributed by atoms with Gasteiger partial charge in [0, 0.05) is 23.9 Å². The molecule has 3 heteroatoms. The molecule has 25 heavy (non-hydrogen) atoms. The average molecular weight is 344 g/mol. The fourth-order valence-corrected chi connectivity index (χ4v) is 6.37. The Labute approximate surface area is 151 Å². The molecule has 0 radical (unpaired) electrons. The summed E-state index contributed by atoms with van der Waals surface area (Å²) in [7, 11) is 0. The summed E-state index contributed by atoms with van der Waals surface area (Å²) in [5, 5.41) is 11.0. The maximum Gasteiger partial charge on any atom is 0.139 e. The monoisotopic (exact) mass is 344 g/mol. The summed E-state index contributed by atoms with van der Waals surface area (Å²) in [6.45, 7) is 7.42. The highest BCUT2D eigenvalue weighted by molar-refractivity contribution is 5.87. The number of allylic oxidation sites excluding steroid dienone is 1. The molecule has 138 valence electrons. The SMILES string of the molecule is CCCOC1C=C[C@@]2(C)C(=CC(O)[C@@H]3[C@H]2CC[C@]2(C)C(=O)CC[C@@H]32)C1. The van der Waals surface area contributed by atoms with Crippen molar-refractivity contribution in [2.24, 2.45) is 28.6 Å². The molecule has 4 aliphatic carbocycles. The molecule has 0 aromatic heterocycles. The summed E-state index contributed by atoms with van der Waals surface area (Å²) >= 11 is 0. The number of hydrogen-bond donors (Lipinski definition) is 1. The lowest BCUT2D eigenvalue weighted by atomic mass is 9.48. The van der Waals surface area contributed by atoms with Crippen LogP contribution in [0, 0.1) is 28.6 Å². The van der Waals surface area contributed by atoms with E-state index in [0.29, 0.717) is 24.0 Å². The molecule has 4 aliphatic rings.